The fourth-order valence-electron chi connectivity index (χ4n) is 2.37. The van der Waals surface area contributed by atoms with E-state index < -0.39 is 42.8 Å². The number of rotatable bonds is 8. The molecule has 0 aliphatic heterocycles. The first kappa shape index (κ1) is 23.0. The molecule has 0 aliphatic rings. The molecule has 2 aromatic carbocycles. The second kappa shape index (κ2) is 10.5. The number of carboxylic acids is 1. The van der Waals surface area contributed by atoms with Gasteiger partial charge in [-0.2, -0.15) is 0 Å². The zero-order valence-electron chi connectivity index (χ0n) is 15.4. The van der Waals surface area contributed by atoms with Crippen LogP contribution in [0.5, 0.6) is 0 Å². The summed E-state index contributed by atoms with van der Waals surface area (Å²) in [6.45, 7) is -0.819. The molecule has 0 heterocycles. The number of nitrogens with two attached hydrogens (primary N) is 1. The Bertz CT molecular complexity index is 963. The van der Waals surface area contributed by atoms with Gasteiger partial charge in [0, 0.05) is 17.8 Å². The predicted octanol–water partition coefficient (Wildman–Crippen LogP) is 1.30. The van der Waals surface area contributed by atoms with Gasteiger partial charge < -0.3 is 26.8 Å². The van der Waals surface area contributed by atoms with Crippen LogP contribution in [-0.4, -0.2) is 47.9 Å². The smallest absolute Gasteiger partial charge is 0.328 e. The number of carbonyl (C=O) groups is 4. The molecule has 11 heteroatoms. The van der Waals surface area contributed by atoms with Gasteiger partial charge in [0.15, 0.2) is 0 Å². The molecule has 0 radical (unpaired) electrons. The maximum atomic E-state index is 12.3. The highest BCUT2D eigenvalue weighted by Gasteiger charge is 2.24. The highest BCUT2D eigenvalue weighted by Crippen LogP contribution is 2.24. The average molecular weight is 453 g/mol. The summed E-state index contributed by atoms with van der Waals surface area (Å²) in [5.74, 6) is -3.35. The van der Waals surface area contributed by atoms with Crippen molar-refractivity contribution in [2.45, 2.75) is 6.04 Å². The van der Waals surface area contributed by atoms with Crippen LogP contribution < -0.4 is 21.7 Å². The van der Waals surface area contributed by atoms with Gasteiger partial charge in [-0.1, -0.05) is 35.3 Å². The Morgan fingerprint density at radius 3 is 2.20 bits per heavy atom. The van der Waals surface area contributed by atoms with Gasteiger partial charge in [0.25, 0.3) is 11.8 Å². The van der Waals surface area contributed by atoms with E-state index in [1.807, 2.05) is 0 Å². The first-order chi connectivity index (χ1) is 14.2. The van der Waals surface area contributed by atoms with E-state index >= 15 is 0 Å². The third-order valence-corrected chi connectivity index (χ3v) is 4.48. The number of benzene rings is 2. The minimum atomic E-state index is -1.45. The predicted molar refractivity (Wildman–Crippen MR) is 112 cm³/mol. The van der Waals surface area contributed by atoms with Crippen molar-refractivity contribution in [3.05, 3.63) is 63.6 Å². The van der Waals surface area contributed by atoms with Crippen LogP contribution in [0.15, 0.2) is 42.5 Å². The van der Waals surface area contributed by atoms with Gasteiger partial charge in [-0.05, 0) is 30.3 Å². The van der Waals surface area contributed by atoms with Crippen molar-refractivity contribution in [1.82, 2.24) is 16.0 Å². The molecule has 1 atom stereocenters. The van der Waals surface area contributed by atoms with E-state index in [4.69, 9.17) is 28.9 Å². The summed E-state index contributed by atoms with van der Waals surface area (Å²) in [7, 11) is 0. The van der Waals surface area contributed by atoms with Crippen LogP contribution >= 0.6 is 23.2 Å². The third kappa shape index (κ3) is 6.36. The topological polar surface area (TPSA) is 151 Å². The van der Waals surface area contributed by atoms with E-state index in [1.165, 1.54) is 30.3 Å². The number of amides is 3. The molecule has 30 heavy (non-hydrogen) atoms. The number of carbonyl (C=O) groups excluding carboxylic acids is 3. The SMILES string of the molecule is Nc1cccc(C(=O)NCC(=O)NCC(NC(=O)c2c(Cl)cccc2Cl)C(=O)O)c1. The van der Waals surface area contributed by atoms with Crippen molar-refractivity contribution in [1.29, 1.82) is 0 Å². The number of halogens is 2. The van der Waals surface area contributed by atoms with Crippen LogP contribution in [0.25, 0.3) is 0 Å². The Hall–Kier alpha value is -3.30. The lowest BCUT2D eigenvalue weighted by molar-refractivity contribution is -0.139. The van der Waals surface area contributed by atoms with Crippen molar-refractivity contribution in [3.63, 3.8) is 0 Å². The molecule has 158 valence electrons. The zero-order valence-corrected chi connectivity index (χ0v) is 17.0. The largest absolute Gasteiger partial charge is 0.480 e. The number of aliphatic carboxylic acids is 1. The maximum absolute atomic E-state index is 12.3. The highest BCUT2D eigenvalue weighted by atomic mass is 35.5. The van der Waals surface area contributed by atoms with Gasteiger partial charge in [-0.3, -0.25) is 14.4 Å². The lowest BCUT2D eigenvalue weighted by atomic mass is 10.2. The molecule has 0 aliphatic carbocycles. The second-order valence-corrected chi connectivity index (χ2v) is 6.89. The molecular formula is C19H18Cl2N4O5. The molecule has 0 saturated carbocycles. The molecule has 0 aromatic heterocycles. The normalized spacial score (nSPS) is 11.3. The molecule has 0 fully saturated rings. The van der Waals surface area contributed by atoms with E-state index in [-0.39, 0.29) is 21.2 Å². The lowest BCUT2D eigenvalue weighted by Gasteiger charge is -2.16. The molecule has 3 amide bonds. The summed E-state index contributed by atoms with van der Waals surface area (Å²) in [4.78, 5) is 47.7. The maximum Gasteiger partial charge on any atom is 0.328 e. The molecule has 0 saturated heterocycles. The fraction of sp³-hybridized carbons (Fsp3) is 0.158. The van der Waals surface area contributed by atoms with Crippen LogP contribution in [0.3, 0.4) is 0 Å². The van der Waals surface area contributed by atoms with Crippen molar-refractivity contribution >= 4 is 52.6 Å². The summed E-state index contributed by atoms with van der Waals surface area (Å²) < 4.78 is 0. The summed E-state index contributed by atoms with van der Waals surface area (Å²) in [5.41, 5.74) is 6.19. The number of hydrogen-bond acceptors (Lipinski definition) is 5. The zero-order chi connectivity index (χ0) is 22.3. The number of nitrogens with one attached hydrogen (secondary N) is 3. The molecule has 6 N–H and O–H groups in total. The van der Waals surface area contributed by atoms with Crippen molar-refractivity contribution in [3.8, 4) is 0 Å². The Kier molecular flexibility index (Phi) is 8.02. The van der Waals surface area contributed by atoms with Gasteiger partial charge in [-0.25, -0.2) is 4.79 Å². The van der Waals surface area contributed by atoms with E-state index in [1.54, 1.807) is 12.1 Å². The van der Waals surface area contributed by atoms with Gasteiger partial charge in [-0.15, -0.1) is 0 Å². The van der Waals surface area contributed by atoms with E-state index in [0.29, 0.717) is 5.69 Å². The first-order valence-electron chi connectivity index (χ1n) is 8.57. The second-order valence-electron chi connectivity index (χ2n) is 6.07. The fourth-order valence-corrected chi connectivity index (χ4v) is 2.94. The van der Waals surface area contributed by atoms with E-state index in [0.717, 1.165) is 0 Å². The minimum absolute atomic E-state index is 0.0532. The van der Waals surface area contributed by atoms with Crippen molar-refractivity contribution < 1.29 is 24.3 Å². The van der Waals surface area contributed by atoms with E-state index in [2.05, 4.69) is 16.0 Å². The number of anilines is 1. The molecule has 1 unspecified atom stereocenters. The molecule has 2 rings (SSSR count). The molecule has 0 spiro atoms. The van der Waals surface area contributed by atoms with Gasteiger partial charge >= 0.3 is 5.97 Å². The molecular weight excluding hydrogens is 435 g/mol. The van der Waals surface area contributed by atoms with Crippen molar-refractivity contribution in [2.24, 2.45) is 0 Å². The monoisotopic (exact) mass is 452 g/mol. The van der Waals surface area contributed by atoms with Crippen LogP contribution in [0.1, 0.15) is 20.7 Å². The summed E-state index contributed by atoms with van der Waals surface area (Å²) in [6, 6.07) is 9.14. The Morgan fingerprint density at radius 1 is 0.967 bits per heavy atom. The number of hydrogen-bond donors (Lipinski definition) is 5. The summed E-state index contributed by atoms with van der Waals surface area (Å²) in [6.07, 6.45) is 0. The Balaban J connectivity index is 1.89. The molecule has 2 aromatic rings. The Labute approximate surface area is 181 Å². The van der Waals surface area contributed by atoms with Gasteiger partial charge in [0.05, 0.1) is 22.2 Å². The summed E-state index contributed by atoms with van der Waals surface area (Å²) >= 11 is 11.9. The van der Waals surface area contributed by atoms with Gasteiger partial charge in [0.2, 0.25) is 5.91 Å². The molecule has 0 bridgehead atoms. The quantitative estimate of drug-likeness (QED) is 0.380. The number of nitrogen functional groups attached to an aromatic ring is 1. The van der Waals surface area contributed by atoms with Crippen LogP contribution in [0.2, 0.25) is 10.0 Å². The van der Waals surface area contributed by atoms with Crippen LogP contribution in [0.4, 0.5) is 5.69 Å². The Morgan fingerprint density at radius 2 is 1.60 bits per heavy atom. The van der Waals surface area contributed by atoms with E-state index in [9.17, 15) is 24.3 Å². The van der Waals surface area contributed by atoms with Crippen LogP contribution in [0, 0.1) is 0 Å². The minimum Gasteiger partial charge on any atom is -0.480 e. The standard InChI is InChI=1S/C19H18Cl2N4O5/c20-12-5-2-6-13(21)16(12)18(28)25-14(19(29)30)8-23-15(26)9-24-17(27)10-3-1-4-11(22)7-10/h1-7,14H,8-9,22H2,(H,23,26)(H,24,27)(H,25,28)(H,29,30). The first-order valence-corrected chi connectivity index (χ1v) is 9.32. The molecule has 9 nitrogen and oxygen atoms in total. The van der Waals surface area contributed by atoms with Crippen molar-refractivity contribution in [2.75, 3.05) is 18.8 Å². The average Bonchev–Trinajstić information content (AvgIpc) is 2.68. The highest BCUT2D eigenvalue weighted by molar-refractivity contribution is 6.39. The lowest BCUT2D eigenvalue weighted by Crippen LogP contribution is -2.50. The third-order valence-electron chi connectivity index (χ3n) is 3.85. The van der Waals surface area contributed by atoms with Gasteiger partial charge in [0.1, 0.15) is 6.04 Å². The summed E-state index contributed by atoms with van der Waals surface area (Å²) in [5, 5.41) is 16.4. The van der Waals surface area contributed by atoms with Crippen LogP contribution in [-0.2, 0) is 9.59 Å². The number of carboxylic acid groups (broad SMARTS) is 1.